The summed E-state index contributed by atoms with van der Waals surface area (Å²) in [6.45, 7) is 2.60. The van der Waals surface area contributed by atoms with Crippen LogP contribution in [0.2, 0.25) is 0 Å². The zero-order valence-electron chi connectivity index (χ0n) is 56.8. The van der Waals surface area contributed by atoms with Crippen LogP contribution >= 0.6 is 0 Å². The molecule has 0 aliphatic heterocycles. The van der Waals surface area contributed by atoms with E-state index in [9.17, 15) is 78.6 Å². The summed E-state index contributed by atoms with van der Waals surface area (Å²) in [5.74, 6) is -13.3. The number of unbranched alkanes of at least 4 members (excludes halogenated alkanes) is 1. The number of aliphatic hydroxyl groups is 1. The highest BCUT2D eigenvalue weighted by Gasteiger charge is 2.37. The molecule has 0 bridgehead atoms. The third kappa shape index (κ3) is 25.8. The van der Waals surface area contributed by atoms with Crippen LogP contribution in [0.15, 0.2) is 116 Å². The van der Waals surface area contributed by atoms with Crippen molar-refractivity contribution >= 4 is 82.0 Å². The predicted molar refractivity (Wildman–Crippen MR) is 374 cm³/mol. The number of carbonyl (C=O) groups excluding carboxylic acids is 9. The van der Waals surface area contributed by atoms with Crippen molar-refractivity contribution in [3.63, 3.8) is 0 Å². The number of aromatic amines is 2. The Kier molecular flexibility index (Phi) is 31.2. The molecule has 0 saturated heterocycles. The maximum atomic E-state index is 15.0. The Bertz CT molecular complexity index is 3860. The molecule has 103 heavy (non-hydrogen) atoms. The van der Waals surface area contributed by atoms with Gasteiger partial charge in [-0.1, -0.05) is 74.9 Å². The van der Waals surface area contributed by atoms with E-state index in [1.54, 1.807) is 31.2 Å². The number of imidazole rings is 1. The minimum absolute atomic E-state index is 0.0125. The minimum Gasteiger partial charge on any atom is -0.508 e. The molecule has 6 rings (SSSR count). The topological polar surface area (TPSA) is 576 Å². The second-order valence-electron chi connectivity index (χ2n) is 24.8. The lowest BCUT2D eigenvalue weighted by molar-refractivity contribution is -0.143. The highest BCUT2D eigenvalue weighted by Crippen LogP contribution is 2.21. The lowest BCUT2D eigenvalue weighted by atomic mass is 9.98. The number of rotatable bonds is 42. The van der Waals surface area contributed by atoms with E-state index in [0.29, 0.717) is 51.7 Å². The molecule has 0 aliphatic rings. The molecule has 11 atom stereocenters. The fourth-order valence-electron chi connectivity index (χ4n) is 10.9. The molecular formula is C69H91N17O17. The van der Waals surface area contributed by atoms with Crippen LogP contribution in [-0.2, 0) is 84.8 Å². The SMILES string of the molecule is CC[C@H](C)[C@H](N)C(=O)N[C@@H](Cc1ccc(O)cc1)C(=O)N[C@@H](Cc1cnc[nH]1)C(=O)N[C@@H](CCCNC(=N)N)C(=O)N[C@@H](CO)C(=O)N[C@@H](Cc1ccc(O)cc1)C(=O)N[C@@H](Cc1c[nH]c2ccccc12)C(=O)N[C@@H](CC(=O)O)C(=O)N[C@@H](CCCCN)C(=O)N[C@@H](Cc1ccc(O)cc1)C(=O)O. The molecule has 0 radical (unpaired) electrons. The molecule has 554 valence electrons. The van der Waals surface area contributed by atoms with Gasteiger partial charge in [-0.2, -0.15) is 0 Å². The van der Waals surface area contributed by atoms with Gasteiger partial charge in [0.15, 0.2) is 5.96 Å². The summed E-state index contributed by atoms with van der Waals surface area (Å²) in [6.07, 6.45) is 2.47. The first-order chi connectivity index (χ1) is 49.1. The third-order valence-corrected chi connectivity index (χ3v) is 16.9. The number of carbonyl (C=O) groups is 11. The van der Waals surface area contributed by atoms with Crippen molar-refractivity contribution in [3.8, 4) is 17.2 Å². The predicted octanol–water partition coefficient (Wildman–Crippen LogP) is -1.80. The number of amides is 9. The van der Waals surface area contributed by atoms with Gasteiger partial charge >= 0.3 is 11.9 Å². The summed E-state index contributed by atoms with van der Waals surface area (Å²) in [5.41, 5.74) is 20.1. The fraction of sp³-hybridized carbons (Fsp3) is 0.406. The van der Waals surface area contributed by atoms with Crippen LogP contribution < -0.4 is 70.4 Å². The minimum atomic E-state index is -1.97. The Hall–Kier alpha value is -11.6. The second-order valence-corrected chi connectivity index (χ2v) is 24.8. The van der Waals surface area contributed by atoms with E-state index in [0.717, 1.165) is 0 Å². The van der Waals surface area contributed by atoms with Crippen molar-refractivity contribution in [2.75, 3.05) is 19.7 Å². The smallest absolute Gasteiger partial charge is 0.326 e. The average Bonchev–Trinajstić information content (AvgIpc) is 1.79. The Morgan fingerprint density at radius 2 is 0.932 bits per heavy atom. The van der Waals surface area contributed by atoms with Gasteiger partial charge in [0.05, 0.1) is 25.4 Å². The summed E-state index contributed by atoms with van der Waals surface area (Å²) in [4.78, 5) is 165. The van der Waals surface area contributed by atoms with E-state index in [-0.39, 0.29) is 87.6 Å². The highest BCUT2D eigenvalue weighted by atomic mass is 16.4. The molecule has 25 N–H and O–H groups in total. The van der Waals surface area contributed by atoms with Crippen LogP contribution in [0.25, 0.3) is 10.9 Å². The van der Waals surface area contributed by atoms with Gasteiger partial charge in [0.25, 0.3) is 0 Å². The molecule has 0 aliphatic carbocycles. The summed E-state index contributed by atoms with van der Waals surface area (Å²) >= 11 is 0. The lowest BCUT2D eigenvalue weighted by Crippen LogP contribution is -2.62. The van der Waals surface area contributed by atoms with E-state index in [4.69, 9.17) is 22.6 Å². The number of phenols is 3. The molecule has 9 amide bonds. The van der Waals surface area contributed by atoms with Gasteiger partial charge in [-0.15, -0.1) is 0 Å². The number of aliphatic hydroxyl groups excluding tert-OH is 1. The number of phenolic OH excluding ortho intramolecular Hbond substituents is 3. The van der Waals surface area contributed by atoms with Crippen molar-refractivity contribution in [2.45, 2.75) is 151 Å². The van der Waals surface area contributed by atoms with Gasteiger partial charge in [-0.3, -0.25) is 53.4 Å². The number of nitrogens with one attached hydrogen (secondary N) is 13. The Balaban J connectivity index is 1.27. The number of H-pyrrole nitrogens is 2. The average molecular weight is 1430 g/mol. The summed E-state index contributed by atoms with van der Waals surface area (Å²) in [5, 5.41) is 94.6. The molecular weight excluding hydrogens is 1340 g/mol. The monoisotopic (exact) mass is 1430 g/mol. The van der Waals surface area contributed by atoms with E-state index in [2.05, 4.69) is 68.1 Å². The third-order valence-electron chi connectivity index (χ3n) is 16.9. The number of carboxylic acids is 2. The quantitative estimate of drug-likeness (QED) is 0.0114. The lowest BCUT2D eigenvalue weighted by Gasteiger charge is -2.28. The van der Waals surface area contributed by atoms with Crippen molar-refractivity contribution in [3.05, 3.63) is 144 Å². The fourth-order valence-corrected chi connectivity index (χ4v) is 10.9. The Morgan fingerprint density at radius 1 is 0.515 bits per heavy atom. The highest BCUT2D eigenvalue weighted by molar-refractivity contribution is 6.00. The van der Waals surface area contributed by atoms with E-state index in [1.807, 2.05) is 6.92 Å². The normalized spacial score (nSPS) is 14.3. The zero-order valence-corrected chi connectivity index (χ0v) is 56.8. The number of guanidine groups is 1. The molecule has 0 spiro atoms. The second kappa shape index (κ2) is 40.0. The van der Waals surface area contributed by atoms with E-state index >= 15 is 4.79 Å². The van der Waals surface area contributed by atoms with Crippen molar-refractivity contribution in [2.24, 2.45) is 23.1 Å². The Morgan fingerprint density at radius 3 is 1.40 bits per heavy atom. The van der Waals surface area contributed by atoms with Crippen LogP contribution in [0, 0.1) is 11.3 Å². The first kappa shape index (κ1) is 80.3. The molecule has 6 aromatic rings. The van der Waals surface area contributed by atoms with Crippen LogP contribution in [0.3, 0.4) is 0 Å². The molecule has 0 unspecified atom stereocenters. The number of aromatic hydroxyl groups is 3. The van der Waals surface area contributed by atoms with Gasteiger partial charge in [-0.25, -0.2) is 9.78 Å². The number of hydrogen-bond donors (Lipinski definition) is 22. The number of hydrogen-bond acceptors (Lipinski definition) is 19. The summed E-state index contributed by atoms with van der Waals surface area (Å²) in [7, 11) is 0. The first-order valence-electron chi connectivity index (χ1n) is 33.3. The standard InChI is InChI=1S/C69H91N17O17/c1-3-37(2)58(71)67(101)84-51(28-39-15-21-44(89)22-16-39)62(96)82-53(31-42-34-74-36-77-42)64(98)79-49(12-8-26-75-69(72)73)60(94)86-56(35-87)66(100)80-50(27-38-13-19-43(88)20-14-38)61(95)81-52(30-41-33-76-47-10-5-4-9-46(41)47)63(97)83-54(32-57(91)92)65(99)78-48(11-6-7-25-70)59(93)85-55(68(102)103)29-40-17-23-45(90)24-18-40/h4-5,9-10,13-24,33-34,36-37,48-56,58,76,87-90H,3,6-8,11-12,25-32,35,70-71H2,1-2H3,(H,74,77)(H,78,99)(H,79,98)(H,80,100)(H,81,95)(H,82,96)(H,83,97)(H,84,101)(H,85,93)(H,86,94)(H,91,92)(H,102,103)(H4,72,73,75)/t37-,48-,49-,50-,51-,52-,53-,54-,55-,56-,58-/m0/s1. The van der Waals surface area contributed by atoms with Crippen molar-refractivity contribution in [1.29, 1.82) is 5.41 Å². The number of aliphatic carboxylic acids is 2. The maximum absolute atomic E-state index is 15.0. The first-order valence-corrected chi connectivity index (χ1v) is 33.3. The molecule has 2 heterocycles. The van der Waals surface area contributed by atoms with Crippen LogP contribution in [0.5, 0.6) is 17.2 Å². The number of nitrogens with zero attached hydrogens (tertiary/aromatic N) is 1. The maximum Gasteiger partial charge on any atom is 0.326 e. The van der Waals surface area contributed by atoms with Crippen LogP contribution in [0.1, 0.15) is 86.7 Å². The number of para-hydroxylation sites is 1. The zero-order chi connectivity index (χ0) is 75.3. The van der Waals surface area contributed by atoms with Gasteiger partial charge < -0.3 is 111 Å². The number of benzene rings is 4. The molecule has 2 aromatic heterocycles. The number of aromatic nitrogens is 3. The van der Waals surface area contributed by atoms with Gasteiger partial charge in [0, 0.05) is 67.6 Å². The van der Waals surface area contributed by atoms with Gasteiger partial charge in [-0.05, 0) is 109 Å². The van der Waals surface area contributed by atoms with Crippen molar-refractivity contribution in [1.82, 2.24) is 68.1 Å². The molecule has 34 nitrogen and oxygen atoms in total. The largest absolute Gasteiger partial charge is 0.508 e. The molecule has 0 saturated carbocycles. The van der Waals surface area contributed by atoms with E-state index < -0.39 is 151 Å². The number of nitrogens with two attached hydrogens (primary N) is 3. The number of carboxylic acid groups (broad SMARTS) is 2. The van der Waals surface area contributed by atoms with Crippen LogP contribution in [-0.4, -0.2) is 197 Å². The van der Waals surface area contributed by atoms with Gasteiger partial charge in [0.2, 0.25) is 53.2 Å². The Labute approximate surface area is 591 Å². The van der Waals surface area contributed by atoms with E-state index in [1.165, 1.54) is 91.5 Å². The molecule has 0 fully saturated rings. The number of fused-ring (bicyclic) bond motifs is 1. The molecule has 34 heteroatoms. The summed E-state index contributed by atoms with van der Waals surface area (Å²) < 4.78 is 0. The van der Waals surface area contributed by atoms with Crippen LogP contribution in [0.4, 0.5) is 0 Å². The van der Waals surface area contributed by atoms with Crippen molar-refractivity contribution < 1.29 is 83.4 Å². The summed E-state index contributed by atoms with van der Waals surface area (Å²) in [6, 6.07) is 7.67. The molecule has 4 aromatic carbocycles. The van der Waals surface area contributed by atoms with Gasteiger partial charge in [0.1, 0.15) is 71.6 Å².